The van der Waals surface area contributed by atoms with Crippen molar-refractivity contribution in [2.75, 3.05) is 0 Å². The lowest BCUT2D eigenvalue weighted by Gasteiger charge is -2.05. The summed E-state index contributed by atoms with van der Waals surface area (Å²) in [5, 5.41) is 0. The fourth-order valence-electron chi connectivity index (χ4n) is 4.35. The summed E-state index contributed by atoms with van der Waals surface area (Å²) in [5.41, 5.74) is 0. The van der Waals surface area contributed by atoms with Crippen LogP contribution in [0.15, 0.2) is 0 Å². The van der Waals surface area contributed by atoms with E-state index in [-0.39, 0.29) is 14.9 Å². The highest BCUT2D eigenvalue weighted by atomic mass is 14.4. The standard InChI is InChI=1S/2C7H12.3C2H6.2CH4/c2*1-2-7-4-3-6(1)5-7;3*1-2;;/h2*6-7H,1-5H2;3*1-2H3;2*1H4. The minimum Gasteiger partial charge on any atom is -0.0776 e. The van der Waals surface area contributed by atoms with Crippen LogP contribution in [-0.2, 0) is 0 Å². The second-order valence-electron chi connectivity index (χ2n) is 6.24. The van der Waals surface area contributed by atoms with Gasteiger partial charge in [-0.3, -0.25) is 0 Å². The van der Waals surface area contributed by atoms with Crippen LogP contribution >= 0.6 is 0 Å². The van der Waals surface area contributed by atoms with Crippen LogP contribution in [0.2, 0.25) is 0 Å². The molecule has 0 radical (unpaired) electrons. The molecule has 22 heavy (non-hydrogen) atoms. The lowest BCUT2D eigenvalue weighted by atomic mass is 10.0. The van der Waals surface area contributed by atoms with Gasteiger partial charge in [0.1, 0.15) is 0 Å². The molecule has 138 valence electrons. The Morgan fingerprint density at radius 2 is 0.500 bits per heavy atom. The molecular weight excluding hydrogens is 264 g/mol. The molecular formula is C22H50. The van der Waals surface area contributed by atoms with E-state index in [0.29, 0.717) is 0 Å². The zero-order valence-electron chi connectivity index (χ0n) is 15.4. The Bertz CT molecular complexity index is 138. The molecule has 4 rings (SSSR count). The van der Waals surface area contributed by atoms with E-state index >= 15 is 0 Å². The Kier molecular flexibility index (Phi) is 21.2. The monoisotopic (exact) mass is 314 g/mol. The molecule has 0 atom stereocenters. The average Bonchev–Trinajstić information content (AvgIpc) is 3.36. The molecule has 0 heteroatoms. The van der Waals surface area contributed by atoms with Crippen LogP contribution in [-0.4, -0.2) is 0 Å². The van der Waals surface area contributed by atoms with E-state index in [1.165, 1.54) is 23.7 Å². The van der Waals surface area contributed by atoms with Crippen LogP contribution in [0.3, 0.4) is 0 Å². The van der Waals surface area contributed by atoms with E-state index < -0.39 is 0 Å². The topological polar surface area (TPSA) is 0 Å². The van der Waals surface area contributed by atoms with Gasteiger partial charge >= 0.3 is 0 Å². The lowest BCUT2D eigenvalue weighted by molar-refractivity contribution is 0.480. The van der Waals surface area contributed by atoms with Crippen molar-refractivity contribution in [2.45, 2.75) is 121 Å². The van der Waals surface area contributed by atoms with Crippen molar-refractivity contribution in [3.63, 3.8) is 0 Å². The molecule has 0 unspecified atom stereocenters. The summed E-state index contributed by atoms with van der Waals surface area (Å²) < 4.78 is 0. The third-order valence-electron chi connectivity index (χ3n) is 5.27. The van der Waals surface area contributed by atoms with Crippen LogP contribution in [0.4, 0.5) is 0 Å². The zero-order valence-corrected chi connectivity index (χ0v) is 15.4. The minimum absolute atomic E-state index is 0. The fourth-order valence-corrected chi connectivity index (χ4v) is 4.35. The Hall–Kier alpha value is 0. The Morgan fingerprint density at radius 3 is 0.545 bits per heavy atom. The molecule has 0 aromatic heterocycles. The van der Waals surface area contributed by atoms with Crippen LogP contribution < -0.4 is 0 Å². The SMILES string of the molecule is C.C.C1CC2CCC1C2.C1CC2CCC1C2.CC.CC.CC. The normalized spacial score (nSPS) is 31.4. The molecule has 0 nitrogen and oxygen atoms in total. The molecule has 4 aliphatic carbocycles. The van der Waals surface area contributed by atoms with E-state index in [1.807, 2.05) is 41.5 Å². The maximum absolute atomic E-state index is 2.00. The summed E-state index contributed by atoms with van der Waals surface area (Å²) in [6, 6.07) is 0. The summed E-state index contributed by atoms with van der Waals surface area (Å²) in [7, 11) is 0. The van der Waals surface area contributed by atoms with E-state index in [4.69, 9.17) is 0 Å². The molecule has 4 saturated carbocycles. The van der Waals surface area contributed by atoms with Gasteiger partial charge in [0.2, 0.25) is 0 Å². The molecule has 0 N–H and O–H groups in total. The van der Waals surface area contributed by atoms with Crippen LogP contribution in [0.5, 0.6) is 0 Å². The second kappa shape index (κ2) is 17.4. The first-order valence-corrected chi connectivity index (χ1v) is 9.90. The van der Waals surface area contributed by atoms with Crippen LogP contribution in [0.1, 0.15) is 121 Å². The molecule has 0 aromatic carbocycles. The highest BCUT2D eigenvalue weighted by molar-refractivity contribution is 4.83. The minimum atomic E-state index is 0. The summed E-state index contributed by atoms with van der Waals surface area (Å²) in [4.78, 5) is 0. The summed E-state index contributed by atoms with van der Waals surface area (Å²) in [5.74, 6) is 4.69. The van der Waals surface area contributed by atoms with E-state index in [9.17, 15) is 0 Å². The van der Waals surface area contributed by atoms with Gasteiger partial charge in [-0.2, -0.15) is 0 Å². The maximum Gasteiger partial charge on any atom is -0.0411 e. The highest BCUT2D eigenvalue weighted by Gasteiger charge is 2.31. The summed E-state index contributed by atoms with van der Waals surface area (Å²) >= 11 is 0. The van der Waals surface area contributed by atoms with E-state index in [0.717, 1.165) is 0 Å². The highest BCUT2D eigenvalue weighted by Crippen LogP contribution is 2.44. The van der Waals surface area contributed by atoms with Gasteiger partial charge in [-0.25, -0.2) is 0 Å². The van der Waals surface area contributed by atoms with Crippen molar-refractivity contribution < 1.29 is 0 Å². The first kappa shape index (κ1) is 26.9. The maximum atomic E-state index is 2.00. The Morgan fingerprint density at radius 1 is 0.364 bits per heavy atom. The molecule has 0 aliphatic heterocycles. The van der Waals surface area contributed by atoms with Gasteiger partial charge in [-0.15, -0.1) is 0 Å². The average molecular weight is 315 g/mol. The van der Waals surface area contributed by atoms with Gasteiger partial charge in [-0.1, -0.05) is 108 Å². The first-order chi connectivity index (χ1) is 9.90. The van der Waals surface area contributed by atoms with Crippen molar-refractivity contribution in [3.8, 4) is 0 Å². The van der Waals surface area contributed by atoms with Gasteiger partial charge in [0.05, 0.1) is 0 Å². The quantitative estimate of drug-likeness (QED) is 0.419. The van der Waals surface area contributed by atoms with Crippen molar-refractivity contribution in [2.24, 2.45) is 23.7 Å². The van der Waals surface area contributed by atoms with E-state index in [1.54, 1.807) is 64.2 Å². The first-order valence-electron chi connectivity index (χ1n) is 9.90. The predicted molar refractivity (Wildman–Crippen MR) is 108 cm³/mol. The van der Waals surface area contributed by atoms with Gasteiger partial charge in [0.15, 0.2) is 0 Å². The van der Waals surface area contributed by atoms with Crippen molar-refractivity contribution in [3.05, 3.63) is 0 Å². The molecule has 0 heterocycles. The number of hydrogen-bond acceptors (Lipinski definition) is 0. The molecule has 0 spiro atoms. The molecule has 4 bridgehead atoms. The second-order valence-corrected chi connectivity index (χ2v) is 6.24. The lowest BCUT2D eigenvalue weighted by Crippen LogP contribution is -1.90. The molecule has 0 amide bonds. The molecule has 0 saturated heterocycles. The predicted octanol–water partition coefficient (Wildman–Crippen LogP) is 8.74. The fraction of sp³-hybridized carbons (Fsp3) is 1.00. The van der Waals surface area contributed by atoms with Gasteiger partial charge < -0.3 is 0 Å². The third-order valence-corrected chi connectivity index (χ3v) is 5.27. The van der Waals surface area contributed by atoms with Crippen LogP contribution in [0, 0.1) is 23.7 Å². The van der Waals surface area contributed by atoms with Crippen molar-refractivity contribution in [1.29, 1.82) is 0 Å². The van der Waals surface area contributed by atoms with Crippen molar-refractivity contribution in [1.82, 2.24) is 0 Å². The van der Waals surface area contributed by atoms with Crippen LogP contribution in [0.25, 0.3) is 0 Å². The molecule has 4 aliphatic rings. The zero-order chi connectivity index (χ0) is 15.4. The number of fused-ring (bicyclic) bond motifs is 4. The summed E-state index contributed by atoms with van der Waals surface area (Å²) in [6.45, 7) is 12.0. The van der Waals surface area contributed by atoms with Crippen molar-refractivity contribution >= 4 is 0 Å². The number of hydrogen-bond donors (Lipinski definition) is 0. The van der Waals surface area contributed by atoms with E-state index in [2.05, 4.69) is 0 Å². The van der Waals surface area contributed by atoms with Gasteiger partial charge in [0.25, 0.3) is 0 Å². The van der Waals surface area contributed by atoms with Gasteiger partial charge in [0, 0.05) is 0 Å². The Labute approximate surface area is 144 Å². The van der Waals surface area contributed by atoms with Gasteiger partial charge in [-0.05, 0) is 36.5 Å². The third kappa shape index (κ3) is 9.21. The summed E-state index contributed by atoms with van der Waals surface area (Å²) in [6.07, 6.45) is 15.6. The smallest absolute Gasteiger partial charge is 0.0411 e. The molecule has 4 fully saturated rings. The number of rotatable bonds is 0. The molecule has 0 aromatic rings. The Balaban J connectivity index is -0.000000231. The largest absolute Gasteiger partial charge is 0.0776 e.